The molecule has 7 nitrogen and oxygen atoms in total. The number of hydrogen-bond acceptors (Lipinski definition) is 4. The van der Waals surface area contributed by atoms with E-state index in [1.807, 2.05) is 11.8 Å². The lowest BCUT2D eigenvalue weighted by atomic mass is 10.0. The standard InChI is InChI=1S/C27H30ClFN4O3/c1-18-15-31(16-19-4-9-23(29)10-5-19)12-13-32(18)24(34)11-7-20-6-8-22(28)14-21(20)17-33-25(35)27(2,3)30-26(33)36/h4-11,14,18H,12-13,15-17H2,1-3H3,(H,30,36)/t18-/m1/s1. The number of hydrogen-bond donors (Lipinski definition) is 1. The number of piperazine rings is 1. The summed E-state index contributed by atoms with van der Waals surface area (Å²) in [6.45, 7) is 8.10. The van der Waals surface area contributed by atoms with Crippen molar-refractivity contribution in [2.24, 2.45) is 0 Å². The van der Waals surface area contributed by atoms with Crippen molar-refractivity contribution in [2.45, 2.75) is 45.4 Å². The van der Waals surface area contributed by atoms with Crippen LogP contribution in [0.1, 0.15) is 37.5 Å². The van der Waals surface area contributed by atoms with E-state index in [0.29, 0.717) is 35.8 Å². The van der Waals surface area contributed by atoms with Crippen LogP contribution in [0.3, 0.4) is 0 Å². The number of urea groups is 1. The molecule has 4 rings (SSSR count). The smallest absolute Gasteiger partial charge is 0.325 e. The van der Waals surface area contributed by atoms with Gasteiger partial charge in [0.1, 0.15) is 11.4 Å². The van der Waals surface area contributed by atoms with E-state index in [2.05, 4.69) is 10.2 Å². The lowest BCUT2D eigenvalue weighted by molar-refractivity contribution is -0.131. The van der Waals surface area contributed by atoms with Gasteiger partial charge in [0, 0.05) is 43.3 Å². The molecule has 2 heterocycles. The molecule has 0 unspecified atom stereocenters. The average molecular weight is 513 g/mol. The molecule has 0 spiro atoms. The molecule has 1 N–H and O–H groups in total. The quantitative estimate of drug-likeness (QED) is 0.468. The monoisotopic (exact) mass is 512 g/mol. The molecule has 36 heavy (non-hydrogen) atoms. The zero-order chi connectivity index (χ0) is 26.0. The summed E-state index contributed by atoms with van der Waals surface area (Å²) in [5.41, 5.74) is 1.45. The highest BCUT2D eigenvalue weighted by molar-refractivity contribution is 6.30. The van der Waals surface area contributed by atoms with Gasteiger partial charge in [0.2, 0.25) is 5.91 Å². The van der Waals surface area contributed by atoms with Crippen molar-refractivity contribution in [3.8, 4) is 0 Å². The molecular weight excluding hydrogens is 483 g/mol. The number of benzene rings is 2. The summed E-state index contributed by atoms with van der Waals surface area (Å²) in [7, 11) is 0. The number of nitrogens with one attached hydrogen (secondary N) is 1. The van der Waals surface area contributed by atoms with Crippen LogP contribution in [0.5, 0.6) is 0 Å². The van der Waals surface area contributed by atoms with Crippen molar-refractivity contribution < 1.29 is 18.8 Å². The van der Waals surface area contributed by atoms with Gasteiger partial charge in [-0.05, 0) is 67.8 Å². The number of amides is 4. The van der Waals surface area contributed by atoms with Gasteiger partial charge in [0.15, 0.2) is 0 Å². The minimum absolute atomic E-state index is 0.00850. The van der Waals surface area contributed by atoms with E-state index < -0.39 is 11.6 Å². The SMILES string of the molecule is C[C@@H]1CN(Cc2ccc(F)cc2)CCN1C(=O)C=Cc1ccc(Cl)cc1CN1C(=O)NC(C)(C)C1=O. The maximum absolute atomic E-state index is 13.2. The van der Waals surface area contributed by atoms with Crippen LogP contribution in [0.2, 0.25) is 5.02 Å². The molecule has 2 aromatic carbocycles. The average Bonchev–Trinajstić information content (AvgIpc) is 3.01. The summed E-state index contributed by atoms with van der Waals surface area (Å²) in [6, 6.07) is 11.2. The fraction of sp³-hybridized carbons (Fsp3) is 0.370. The van der Waals surface area contributed by atoms with Crippen LogP contribution in [0.4, 0.5) is 9.18 Å². The zero-order valence-corrected chi connectivity index (χ0v) is 21.4. The number of carbonyl (C=O) groups excluding carboxylic acids is 3. The first-order valence-electron chi connectivity index (χ1n) is 11.9. The molecule has 0 aliphatic carbocycles. The number of rotatable bonds is 6. The van der Waals surface area contributed by atoms with E-state index >= 15 is 0 Å². The largest absolute Gasteiger partial charge is 0.334 e. The predicted molar refractivity (Wildman–Crippen MR) is 136 cm³/mol. The van der Waals surface area contributed by atoms with Crippen LogP contribution in [0, 0.1) is 5.82 Å². The summed E-state index contributed by atoms with van der Waals surface area (Å²) >= 11 is 6.19. The summed E-state index contributed by atoms with van der Waals surface area (Å²) in [6.07, 6.45) is 3.23. The molecule has 4 amide bonds. The van der Waals surface area contributed by atoms with Gasteiger partial charge in [-0.2, -0.15) is 0 Å². The van der Waals surface area contributed by atoms with Crippen LogP contribution in [-0.4, -0.2) is 63.8 Å². The van der Waals surface area contributed by atoms with Gasteiger partial charge in [0.05, 0.1) is 6.54 Å². The third-order valence-electron chi connectivity index (χ3n) is 6.60. The van der Waals surface area contributed by atoms with Gasteiger partial charge in [-0.1, -0.05) is 29.8 Å². The van der Waals surface area contributed by atoms with Gasteiger partial charge in [-0.3, -0.25) is 19.4 Å². The number of nitrogens with zero attached hydrogens (tertiary/aromatic N) is 3. The Kier molecular flexibility index (Phi) is 7.47. The predicted octanol–water partition coefficient (Wildman–Crippen LogP) is 4.06. The van der Waals surface area contributed by atoms with Crippen LogP contribution < -0.4 is 5.32 Å². The van der Waals surface area contributed by atoms with Crippen molar-refractivity contribution in [1.82, 2.24) is 20.0 Å². The lowest BCUT2D eigenvalue weighted by Gasteiger charge is -2.39. The van der Waals surface area contributed by atoms with Gasteiger partial charge in [-0.15, -0.1) is 0 Å². The van der Waals surface area contributed by atoms with Crippen LogP contribution in [-0.2, 0) is 22.7 Å². The Morgan fingerprint density at radius 1 is 1.14 bits per heavy atom. The second-order valence-corrected chi connectivity index (χ2v) is 10.3. The summed E-state index contributed by atoms with van der Waals surface area (Å²) in [4.78, 5) is 43.2. The molecule has 190 valence electrons. The Hall–Kier alpha value is -3.23. The molecule has 0 saturated carbocycles. The highest BCUT2D eigenvalue weighted by Gasteiger charge is 2.44. The van der Waals surface area contributed by atoms with E-state index in [1.165, 1.54) is 18.2 Å². The van der Waals surface area contributed by atoms with E-state index in [0.717, 1.165) is 17.0 Å². The van der Waals surface area contributed by atoms with E-state index in [4.69, 9.17) is 11.6 Å². The summed E-state index contributed by atoms with van der Waals surface area (Å²) in [5, 5.41) is 3.15. The van der Waals surface area contributed by atoms with Crippen molar-refractivity contribution >= 4 is 35.5 Å². The van der Waals surface area contributed by atoms with Gasteiger partial charge in [-0.25, -0.2) is 9.18 Å². The molecule has 0 bridgehead atoms. The molecule has 2 aliphatic rings. The van der Waals surface area contributed by atoms with Crippen LogP contribution in [0.15, 0.2) is 48.5 Å². The third kappa shape index (κ3) is 5.77. The Labute approximate surface area is 215 Å². The fourth-order valence-corrected chi connectivity index (χ4v) is 4.81. The van der Waals surface area contributed by atoms with E-state index in [1.54, 1.807) is 50.3 Å². The molecule has 2 fully saturated rings. The topological polar surface area (TPSA) is 73.0 Å². The van der Waals surface area contributed by atoms with Gasteiger partial charge >= 0.3 is 6.03 Å². The second-order valence-electron chi connectivity index (χ2n) is 9.87. The zero-order valence-electron chi connectivity index (χ0n) is 20.6. The molecular formula is C27H30ClFN4O3. The maximum Gasteiger partial charge on any atom is 0.325 e. The Bertz CT molecular complexity index is 1200. The normalized spacial score (nSPS) is 20.3. The first-order chi connectivity index (χ1) is 17.0. The summed E-state index contributed by atoms with van der Waals surface area (Å²) in [5.74, 6) is -0.677. The van der Waals surface area contributed by atoms with Crippen molar-refractivity contribution in [3.63, 3.8) is 0 Å². The first-order valence-corrected chi connectivity index (χ1v) is 12.3. The number of halogens is 2. The van der Waals surface area contributed by atoms with E-state index in [9.17, 15) is 18.8 Å². The lowest BCUT2D eigenvalue weighted by Crippen LogP contribution is -2.53. The molecule has 2 aromatic rings. The molecule has 0 radical (unpaired) electrons. The molecule has 1 atom stereocenters. The van der Waals surface area contributed by atoms with Gasteiger partial charge in [0.25, 0.3) is 5.91 Å². The molecule has 2 aliphatic heterocycles. The van der Waals surface area contributed by atoms with Crippen molar-refractivity contribution in [3.05, 3.63) is 76.1 Å². The first kappa shape index (κ1) is 25.9. The highest BCUT2D eigenvalue weighted by Crippen LogP contribution is 2.24. The molecule has 0 aromatic heterocycles. The molecule has 9 heteroatoms. The molecule has 2 saturated heterocycles. The van der Waals surface area contributed by atoms with E-state index in [-0.39, 0.29) is 30.2 Å². The van der Waals surface area contributed by atoms with Crippen molar-refractivity contribution in [2.75, 3.05) is 19.6 Å². The number of imide groups is 1. The maximum atomic E-state index is 13.2. The minimum atomic E-state index is -0.962. The second kappa shape index (κ2) is 10.4. The number of carbonyl (C=O) groups is 3. The Morgan fingerprint density at radius 3 is 2.50 bits per heavy atom. The van der Waals surface area contributed by atoms with Crippen molar-refractivity contribution in [1.29, 1.82) is 0 Å². The Morgan fingerprint density at radius 2 is 1.86 bits per heavy atom. The van der Waals surface area contributed by atoms with Crippen LogP contribution >= 0.6 is 11.6 Å². The van der Waals surface area contributed by atoms with Gasteiger partial charge < -0.3 is 10.2 Å². The van der Waals surface area contributed by atoms with Crippen LogP contribution in [0.25, 0.3) is 6.08 Å². The fourth-order valence-electron chi connectivity index (χ4n) is 4.61. The Balaban J connectivity index is 1.41. The third-order valence-corrected chi connectivity index (χ3v) is 6.83. The summed E-state index contributed by atoms with van der Waals surface area (Å²) < 4.78 is 13.2. The highest BCUT2D eigenvalue weighted by atomic mass is 35.5. The minimum Gasteiger partial charge on any atom is -0.334 e.